The standard InChI is InChI=1S/C17H19ClN2O/c1-10(2)14-6-5-13(8-11(14)3)21-16-7-4-12(18)9-15(16)17(19)20/h4-10H,1-3H3,(H3,19,20). The van der Waals surface area contributed by atoms with Gasteiger partial charge in [0.1, 0.15) is 17.3 Å². The van der Waals surface area contributed by atoms with Gasteiger partial charge in [-0.3, -0.25) is 5.41 Å². The van der Waals surface area contributed by atoms with Crippen LogP contribution in [-0.4, -0.2) is 5.84 Å². The van der Waals surface area contributed by atoms with Crippen LogP contribution in [0, 0.1) is 12.3 Å². The summed E-state index contributed by atoms with van der Waals surface area (Å²) in [5.74, 6) is 1.66. The third-order valence-corrected chi connectivity index (χ3v) is 3.56. The molecule has 0 unspecified atom stereocenters. The first-order valence-electron chi connectivity index (χ1n) is 6.81. The molecule has 0 aliphatic rings. The molecule has 0 fully saturated rings. The number of rotatable bonds is 4. The second-order valence-corrected chi connectivity index (χ2v) is 5.77. The van der Waals surface area contributed by atoms with Crippen LogP contribution in [0.2, 0.25) is 5.02 Å². The van der Waals surface area contributed by atoms with Crippen molar-refractivity contribution in [2.75, 3.05) is 0 Å². The summed E-state index contributed by atoms with van der Waals surface area (Å²) < 4.78 is 5.86. The summed E-state index contributed by atoms with van der Waals surface area (Å²) in [6, 6.07) is 11.1. The maximum atomic E-state index is 7.61. The number of hydrogen-bond acceptors (Lipinski definition) is 2. The monoisotopic (exact) mass is 302 g/mol. The van der Waals surface area contributed by atoms with Crippen LogP contribution in [0.3, 0.4) is 0 Å². The molecule has 2 aromatic rings. The average Bonchev–Trinajstić information content (AvgIpc) is 2.40. The summed E-state index contributed by atoms with van der Waals surface area (Å²) in [4.78, 5) is 0. The molecule has 21 heavy (non-hydrogen) atoms. The highest BCUT2D eigenvalue weighted by Gasteiger charge is 2.10. The Kier molecular flexibility index (Phi) is 4.53. The van der Waals surface area contributed by atoms with Crippen LogP contribution in [0.25, 0.3) is 0 Å². The number of benzene rings is 2. The quantitative estimate of drug-likeness (QED) is 0.626. The second kappa shape index (κ2) is 6.19. The zero-order valence-corrected chi connectivity index (χ0v) is 13.2. The van der Waals surface area contributed by atoms with Crippen molar-refractivity contribution in [2.45, 2.75) is 26.7 Å². The van der Waals surface area contributed by atoms with Crippen LogP contribution < -0.4 is 10.5 Å². The molecular weight excluding hydrogens is 284 g/mol. The molecular formula is C17H19ClN2O. The van der Waals surface area contributed by atoms with Crippen LogP contribution in [0.1, 0.15) is 36.5 Å². The summed E-state index contributed by atoms with van der Waals surface area (Å²) in [6.45, 7) is 6.39. The van der Waals surface area contributed by atoms with Gasteiger partial charge in [0.15, 0.2) is 0 Å². The summed E-state index contributed by atoms with van der Waals surface area (Å²) in [7, 11) is 0. The van der Waals surface area contributed by atoms with Crippen molar-refractivity contribution < 1.29 is 4.74 Å². The van der Waals surface area contributed by atoms with Crippen LogP contribution in [0.4, 0.5) is 0 Å². The fourth-order valence-corrected chi connectivity index (χ4v) is 2.46. The Morgan fingerprint density at radius 1 is 1.19 bits per heavy atom. The van der Waals surface area contributed by atoms with Crippen molar-refractivity contribution in [1.29, 1.82) is 5.41 Å². The average molecular weight is 303 g/mol. The minimum atomic E-state index is -0.0666. The largest absolute Gasteiger partial charge is 0.457 e. The van der Waals surface area contributed by atoms with E-state index in [1.165, 1.54) is 11.1 Å². The third kappa shape index (κ3) is 3.56. The number of nitrogens with one attached hydrogen (secondary N) is 1. The van der Waals surface area contributed by atoms with Crippen molar-refractivity contribution in [1.82, 2.24) is 0 Å². The molecule has 0 amide bonds. The number of nitrogen functional groups attached to an aromatic ring is 1. The number of ether oxygens (including phenoxy) is 1. The third-order valence-electron chi connectivity index (χ3n) is 3.32. The second-order valence-electron chi connectivity index (χ2n) is 5.33. The Balaban J connectivity index is 2.35. The van der Waals surface area contributed by atoms with Crippen LogP contribution in [-0.2, 0) is 0 Å². The van der Waals surface area contributed by atoms with Gasteiger partial charge in [-0.05, 0) is 54.3 Å². The molecule has 2 aromatic carbocycles. The Hall–Kier alpha value is -2.00. The van der Waals surface area contributed by atoms with Crippen LogP contribution >= 0.6 is 11.6 Å². The van der Waals surface area contributed by atoms with Gasteiger partial charge in [-0.1, -0.05) is 31.5 Å². The van der Waals surface area contributed by atoms with Gasteiger partial charge < -0.3 is 10.5 Å². The summed E-state index contributed by atoms with van der Waals surface area (Å²) in [6.07, 6.45) is 0. The van der Waals surface area contributed by atoms with Gasteiger partial charge in [-0.15, -0.1) is 0 Å². The summed E-state index contributed by atoms with van der Waals surface area (Å²) in [5.41, 5.74) is 8.55. The van der Waals surface area contributed by atoms with E-state index >= 15 is 0 Å². The number of aryl methyl sites for hydroxylation is 1. The van der Waals surface area contributed by atoms with Gasteiger partial charge in [0.2, 0.25) is 0 Å². The molecule has 0 aliphatic carbocycles. The van der Waals surface area contributed by atoms with E-state index in [2.05, 4.69) is 26.8 Å². The lowest BCUT2D eigenvalue weighted by Gasteiger charge is -2.14. The van der Waals surface area contributed by atoms with E-state index in [9.17, 15) is 0 Å². The van der Waals surface area contributed by atoms with Crippen molar-refractivity contribution in [3.8, 4) is 11.5 Å². The molecule has 0 atom stereocenters. The summed E-state index contributed by atoms with van der Waals surface area (Å²) >= 11 is 5.94. The first kappa shape index (κ1) is 15.4. The van der Waals surface area contributed by atoms with E-state index in [-0.39, 0.29) is 5.84 Å². The predicted octanol–water partition coefficient (Wildman–Crippen LogP) is 4.85. The predicted molar refractivity (Wildman–Crippen MR) is 87.8 cm³/mol. The van der Waals surface area contributed by atoms with Gasteiger partial charge in [-0.25, -0.2) is 0 Å². The molecule has 4 heteroatoms. The van der Waals surface area contributed by atoms with Crippen molar-refractivity contribution in [3.05, 3.63) is 58.1 Å². The van der Waals surface area contributed by atoms with E-state index < -0.39 is 0 Å². The molecule has 0 spiro atoms. The highest BCUT2D eigenvalue weighted by atomic mass is 35.5. The molecule has 0 aromatic heterocycles. The Bertz CT molecular complexity index is 680. The van der Waals surface area contributed by atoms with Crippen molar-refractivity contribution >= 4 is 17.4 Å². The normalized spacial score (nSPS) is 10.7. The molecule has 0 bridgehead atoms. The Labute approximate surface area is 130 Å². The summed E-state index contributed by atoms with van der Waals surface area (Å²) in [5, 5.41) is 8.14. The van der Waals surface area contributed by atoms with Crippen molar-refractivity contribution in [2.24, 2.45) is 5.73 Å². The lowest BCUT2D eigenvalue weighted by molar-refractivity contribution is 0.480. The van der Waals surface area contributed by atoms with Gasteiger partial charge in [0, 0.05) is 5.02 Å². The molecule has 0 saturated heterocycles. The molecule has 3 nitrogen and oxygen atoms in total. The molecule has 3 N–H and O–H groups in total. The highest BCUT2D eigenvalue weighted by Crippen LogP contribution is 2.30. The first-order chi connectivity index (χ1) is 9.88. The molecule has 0 heterocycles. The number of nitrogens with two attached hydrogens (primary N) is 1. The Morgan fingerprint density at radius 3 is 2.48 bits per heavy atom. The lowest BCUT2D eigenvalue weighted by Crippen LogP contribution is -2.12. The maximum Gasteiger partial charge on any atom is 0.138 e. The van der Waals surface area contributed by atoms with Gasteiger partial charge in [-0.2, -0.15) is 0 Å². The molecule has 110 valence electrons. The fourth-order valence-electron chi connectivity index (χ4n) is 2.29. The highest BCUT2D eigenvalue weighted by molar-refractivity contribution is 6.31. The SMILES string of the molecule is Cc1cc(Oc2ccc(Cl)cc2C(=N)N)ccc1C(C)C. The van der Waals surface area contributed by atoms with Gasteiger partial charge in [0.05, 0.1) is 5.56 Å². The van der Waals surface area contributed by atoms with Gasteiger partial charge in [0.25, 0.3) is 0 Å². The smallest absolute Gasteiger partial charge is 0.138 e. The number of amidine groups is 1. The minimum absolute atomic E-state index is 0.0666. The molecule has 0 saturated carbocycles. The molecule has 2 rings (SSSR count). The van der Waals surface area contributed by atoms with E-state index in [1.54, 1.807) is 18.2 Å². The zero-order chi connectivity index (χ0) is 15.6. The van der Waals surface area contributed by atoms with E-state index in [0.29, 0.717) is 22.3 Å². The van der Waals surface area contributed by atoms with E-state index in [0.717, 1.165) is 5.75 Å². The van der Waals surface area contributed by atoms with E-state index in [1.807, 2.05) is 12.1 Å². The molecule has 0 radical (unpaired) electrons. The zero-order valence-electron chi connectivity index (χ0n) is 12.4. The number of hydrogen-bond donors (Lipinski definition) is 2. The fraction of sp³-hybridized carbons (Fsp3) is 0.235. The minimum Gasteiger partial charge on any atom is -0.457 e. The first-order valence-corrected chi connectivity index (χ1v) is 7.18. The maximum absolute atomic E-state index is 7.61. The van der Waals surface area contributed by atoms with Gasteiger partial charge >= 0.3 is 0 Å². The van der Waals surface area contributed by atoms with Crippen LogP contribution in [0.5, 0.6) is 11.5 Å². The molecule has 0 aliphatic heterocycles. The van der Waals surface area contributed by atoms with Crippen LogP contribution in [0.15, 0.2) is 36.4 Å². The lowest BCUT2D eigenvalue weighted by atomic mass is 9.98. The van der Waals surface area contributed by atoms with Crippen molar-refractivity contribution in [3.63, 3.8) is 0 Å². The number of halogens is 1. The Morgan fingerprint density at radius 2 is 1.90 bits per heavy atom. The van der Waals surface area contributed by atoms with E-state index in [4.69, 9.17) is 27.5 Å². The topological polar surface area (TPSA) is 59.1 Å².